The van der Waals surface area contributed by atoms with E-state index in [2.05, 4.69) is 10.3 Å². The molecule has 0 fully saturated rings. The van der Waals surface area contributed by atoms with Gasteiger partial charge in [0.1, 0.15) is 6.61 Å². The van der Waals surface area contributed by atoms with Crippen LogP contribution in [0.25, 0.3) is 0 Å². The highest BCUT2D eigenvalue weighted by molar-refractivity contribution is 5.74. The van der Waals surface area contributed by atoms with Crippen molar-refractivity contribution in [3.8, 4) is 6.07 Å². The Balaban J connectivity index is 2.92. The van der Waals surface area contributed by atoms with Crippen molar-refractivity contribution in [3.63, 3.8) is 0 Å². The van der Waals surface area contributed by atoms with E-state index in [1.165, 1.54) is 0 Å². The molecule has 0 aromatic rings. The highest BCUT2D eigenvalue weighted by Gasteiger charge is 1.91. The average molecular weight is 143 g/mol. The first-order valence-electron chi connectivity index (χ1n) is 2.77. The molecule has 0 spiro atoms. The van der Waals surface area contributed by atoms with E-state index in [4.69, 9.17) is 11.0 Å². The topological polar surface area (TPSA) is 88.1 Å². The third-order valence-corrected chi connectivity index (χ3v) is 0.655. The second kappa shape index (κ2) is 6.01. The van der Waals surface area contributed by atoms with Crippen molar-refractivity contribution in [1.82, 2.24) is 5.48 Å². The van der Waals surface area contributed by atoms with Gasteiger partial charge in [0.25, 0.3) is 0 Å². The molecule has 0 aromatic heterocycles. The van der Waals surface area contributed by atoms with Crippen molar-refractivity contribution < 1.29 is 9.63 Å². The fourth-order valence-electron chi connectivity index (χ4n) is 0.301. The lowest BCUT2D eigenvalue weighted by Gasteiger charge is -1.98. The Bertz CT molecular complexity index is 140. The summed E-state index contributed by atoms with van der Waals surface area (Å²) in [7, 11) is 0. The summed E-state index contributed by atoms with van der Waals surface area (Å²) in [5.74, 6) is -0.538. The van der Waals surface area contributed by atoms with E-state index in [9.17, 15) is 4.79 Å². The molecule has 0 aliphatic carbocycles. The van der Waals surface area contributed by atoms with Crippen LogP contribution in [0.2, 0.25) is 0 Å². The molecule has 0 unspecified atom stereocenters. The van der Waals surface area contributed by atoms with Crippen LogP contribution in [0.3, 0.4) is 0 Å². The Hall–Kier alpha value is -1.12. The summed E-state index contributed by atoms with van der Waals surface area (Å²) < 4.78 is 0. The monoisotopic (exact) mass is 143 g/mol. The van der Waals surface area contributed by atoms with Crippen LogP contribution >= 0.6 is 0 Å². The van der Waals surface area contributed by atoms with Crippen molar-refractivity contribution in [3.05, 3.63) is 0 Å². The van der Waals surface area contributed by atoms with Crippen LogP contribution in [0.5, 0.6) is 0 Å². The Morgan fingerprint density at radius 1 is 1.80 bits per heavy atom. The third kappa shape index (κ3) is 6.88. The Kier molecular flexibility index (Phi) is 5.33. The smallest absolute Gasteiger partial charge is 0.245 e. The minimum absolute atomic E-state index is 0.161. The SMILES string of the molecule is N#CCCNOCC(N)=O. The van der Waals surface area contributed by atoms with Crippen LogP contribution in [0.1, 0.15) is 6.42 Å². The summed E-state index contributed by atoms with van der Waals surface area (Å²) in [6.45, 7) is 0.245. The Morgan fingerprint density at radius 2 is 2.50 bits per heavy atom. The second-order valence-electron chi connectivity index (χ2n) is 1.56. The van der Waals surface area contributed by atoms with Gasteiger partial charge < -0.3 is 5.73 Å². The number of nitriles is 1. The second-order valence-corrected chi connectivity index (χ2v) is 1.56. The molecule has 3 N–H and O–H groups in total. The quantitative estimate of drug-likeness (QED) is 0.378. The molecular formula is C5H9N3O2. The lowest BCUT2D eigenvalue weighted by Crippen LogP contribution is -2.25. The maximum Gasteiger partial charge on any atom is 0.245 e. The number of carbonyl (C=O) groups is 1. The summed E-state index contributed by atoms with van der Waals surface area (Å²) in [5, 5.41) is 8.04. The summed E-state index contributed by atoms with van der Waals surface area (Å²) in [5.41, 5.74) is 7.13. The van der Waals surface area contributed by atoms with E-state index in [1.807, 2.05) is 6.07 Å². The number of rotatable bonds is 5. The summed E-state index contributed by atoms with van der Waals surface area (Å²) in [6.07, 6.45) is 0.346. The molecule has 0 bridgehead atoms. The van der Waals surface area contributed by atoms with Gasteiger partial charge in [-0.2, -0.15) is 5.26 Å². The zero-order valence-electron chi connectivity index (χ0n) is 5.46. The van der Waals surface area contributed by atoms with Crippen molar-refractivity contribution >= 4 is 5.91 Å². The van der Waals surface area contributed by atoms with Crippen molar-refractivity contribution in [2.75, 3.05) is 13.2 Å². The predicted molar refractivity (Wildman–Crippen MR) is 33.4 cm³/mol. The number of hydrogen-bond donors (Lipinski definition) is 2. The first-order chi connectivity index (χ1) is 4.77. The van der Waals surface area contributed by atoms with E-state index in [0.29, 0.717) is 13.0 Å². The van der Waals surface area contributed by atoms with Crippen molar-refractivity contribution in [1.29, 1.82) is 5.26 Å². The lowest BCUT2D eigenvalue weighted by molar-refractivity contribution is -0.125. The number of primary amides is 1. The van der Waals surface area contributed by atoms with Gasteiger partial charge in [-0.15, -0.1) is 0 Å². The fraction of sp³-hybridized carbons (Fsp3) is 0.600. The zero-order chi connectivity index (χ0) is 7.82. The molecule has 56 valence electrons. The molecule has 0 aliphatic heterocycles. The molecule has 10 heavy (non-hydrogen) atoms. The summed E-state index contributed by atoms with van der Waals surface area (Å²) in [4.78, 5) is 14.5. The van der Waals surface area contributed by atoms with Gasteiger partial charge in [0.05, 0.1) is 6.07 Å². The molecule has 0 aliphatic rings. The fourth-order valence-corrected chi connectivity index (χ4v) is 0.301. The predicted octanol–water partition coefficient (Wildman–Crippen LogP) is -1.09. The van der Waals surface area contributed by atoms with E-state index in [1.54, 1.807) is 0 Å². The first-order valence-corrected chi connectivity index (χ1v) is 2.77. The lowest BCUT2D eigenvalue weighted by atomic mass is 10.5. The Labute approximate surface area is 58.7 Å². The number of hydroxylamine groups is 1. The molecule has 0 saturated heterocycles. The van der Waals surface area contributed by atoms with Crippen LogP contribution in [0.15, 0.2) is 0 Å². The number of amides is 1. The standard InChI is InChI=1S/C5H9N3O2/c6-2-1-3-8-10-4-5(7)9/h8H,1,3-4H2,(H2,7,9). The molecular weight excluding hydrogens is 134 g/mol. The highest BCUT2D eigenvalue weighted by Crippen LogP contribution is 1.70. The normalized spacial score (nSPS) is 8.70. The van der Waals surface area contributed by atoms with Gasteiger partial charge in [0.2, 0.25) is 5.91 Å². The van der Waals surface area contributed by atoms with Crippen molar-refractivity contribution in [2.45, 2.75) is 6.42 Å². The number of hydrogen-bond acceptors (Lipinski definition) is 4. The molecule has 0 rings (SSSR count). The van der Waals surface area contributed by atoms with Gasteiger partial charge in [0, 0.05) is 13.0 Å². The summed E-state index contributed by atoms with van der Waals surface area (Å²) >= 11 is 0. The molecule has 1 amide bonds. The average Bonchev–Trinajstić information content (AvgIpc) is 1.87. The molecule has 5 heteroatoms. The molecule has 0 aromatic carbocycles. The number of nitrogens with zero attached hydrogens (tertiary/aromatic N) is 1. The van der Waals surface area contributed by atoms with E-state index in [-0.39, 0.29) is 6.61 Å². The Morgan fingerprint density at radius 3 is 3.00 bits per heavy atom. The van der Waals surface area contributed by atoms with Gasteiger partial charge in [0.15, 0.2) is 0 Å². The number of nitrogens with two attached hydrogens (primary N) is 1. The van der Waals surface area contributed by atoms with Crippen LogP contribution in [-0.2, 0) is 9.63 Å². The zero-order valence-corrected chi connectivity index (χ0v) is 5.46. The first kappa shape index (κ1) is 8.88. The van der Waals surface area contributed by atoms with Gasteiger partial charge in [-0.25, -0.2) is 5.48 Å². The molecule has 5 nitrogen and oxygen atoms in total. The van der Waals surface area contributed by atoms with Crippen molar-refractivity contribution in [2.24, 2.45) is 5.73 Å². The van der Waals surface area contributed by atoms with Gasteiger partial charge in [-0.3, -0.25) is 9.63 Å². The van der Waals surface area contributed by atoms with Gasteiger partial charge in [-0.05, 0) is 0 Å². The molecule has 0 saturated carbocycles. The van der Waals surface area contributed by atoms with Crippen LogP contribution < -0.4 is 11.2 Å². The van der Waals surface area contributed by atoms with Crippen LogP contribution in [-0.4, -0.2) is 19.1 Å². The van der Waals surface area contributed by atoms with Crippen LogP contribution in [0, 0.1) is 11.3 Å². The molecule has 0 atom stereocenters. The van der Waals surface area contributed by atoms with Crippen LogP contribution in [0.4, 0.5) is 0 Å². The minimum Gasteiger partial charge on any atom is -0.368 e. The van der Waals surface area contributed by atoms with E-state index < -0.39 is 5.91 Å². The minimum atomic E-state index is -0.538. The maximum absolute atomic E-state index is 10.0. The third-order valence-electron chi connectivity index (χ3n) is 0.655. The van der Waals surface area contributed by atoms with E-state index >= 15 is 0 Å². The summed E-state index contributed by atoms with van der Waals surface area (Å²) in [6, 6.07) is 1.90. The number of nitrogens with one attached hydrogen (secondary N) is 1. The molecule has 0 heterocycles. The largest absolute Gasteiger partial charge is 0.368 e. The van der Waals surface area contributed by atoms with Gasteiger partial charge >= 0.3 is 0 Å². The molecule has 0 radical (unpaired) electrons. The number of carbonyl (C=O) groups excluding carboxylic acids is 1. The highest BCUT2D eigenvalue weighted by atomic mass is 16.6. The maximum atomic E-state index is 10.0. The van der Waals surface area contributed by atoms with Gasteiger partial charge in [-0.1, -0.05) is 0 Å². The van der Waals surface area contributed by atoms with E-state index in [0.717, 1.165) is 0 Å².